The van der Waals surface area contributed by atoms with E-state index < -0.39 is 0 Å². The summed E-state index contributed by atoms with van der Waals surface area (Å²) < 4.78 is 5.16. The smallest absolute Gasteiger partial charge is 0.273 e. The molecule has 1 aromatic heterocycles. The van der Waals surface area contributed by atoms with Crippen LogP contribution in [0.1, 0.15) is 25.9 Å². The van der Waals surface area contributed by atoms with Crippen LogP contribution in [0.4, 0.5) is 0 Å². The van der Waals surface area contributed by atoms with E-state index in [-0.39, 0.29) is 11.8 Å². The van der Waals surface area contributed by atoms with Crippen LogP contribution in [-0.2, 0) is 6.54 Å². The van der Waals surface area contributed by atoms with Crippen LogP contribution in [0.5, 0.6) is 5.75 Å². The Balaban J connectivity index is 1.61. The van der Waals surface area contributed by atoms with Crippen LogP contribution in [0.25, 0.3) is 0 Å². The lowest BCUT2D eigenvalue weighted by Gasteiger charge is -2.34. The van der Waals surface area contributed by atoms with Gasteiger partial charge in [0.25, 0.3) is 11.8 Å². The third kappa shape index (κ3) is 3.80. The van der Waals surface area contributed by atoms with Gasteiger partial charge in [-0.05, 0) is 18.2 Å². The van der Waals surface area contributed by atoms with Crippen molar-refractivity contribution in [2.75, 3.05) is 33.3 Å². The Morgan fingerprint density at radius 1 is 1.20 bits per heavy atom. The first-order valence-corrected chi connectivity index (χ1v) is 8.87. The zero-order valence-electron chi connectivity index (χ0n) is 14.0. The lowest BCUT2D eigenvalue weighted by atomic mass is 10.1. The molecular weight excluding hydrogens is 340 g/mol. The van der Waals surface area contributed by atoms with E-state index in [0.29, 0.717) is 49.7 Å². The summed E-state index contributed by atoms with van der Waals surface area (Å²) in [7, 11) is 1.57. The molecule has 25 heavy (non-hydrogen) atoms. The van der Waals surface area contributed by atoms with Crippen LogP contribution in [0.3, 0.4) is 0 Å². The number of carbonyl (C=O) groups excluding carboxylic acids is 2. The maximum atomic E-state index is 12.6. The minimum atomic E-state index is -0.107. The normalized spacial score (nSPS) is 14.5. The number of hydrogen-bond donors (Lipinski definition) is 1. The van der Waals surface area contributed by atoms with Gasteiger partial charge in [0.15, 0.2) is 0 Å². The summed E-state index contributed by atoms with van der Waals surface area (Å²) in [5.74, 6) is 0.494. The van der Waals surface area contributed by atoms with E-state index in [2.05, 4.69) is 4.98 Å². The quantitative estimate of drug-likeness (QED) is 0.885. The number of piperazine rings is 1. The largest absolute Gasteiger partial charge is 0.497 e. The van der Waals surface area contributed by atoms with Gasteiger partial charge in [-0.25, -0.2) is 4.98 Å². The zero-order valence-corrected chi connectivity index (χ0v) is 14.8. The Hall–Kier alpha value is -2.45. The molecule has 2 amide bonds. The van der Waals surface area contributed by atoms with E-state index in [9.17, 15) is 9.59 Å². The first-order valence-electron chi connectivity index (χ1n) is 7.99. The van der Waals surface area contributed by atoms with Crippen molar-refractivity contribution < 1.29 is 14.3 Å². The number of rotatable bonds is 4. The summed E-state index contributed by atoms with van der Waals surface area (Å²) in [4.78, 5) is 32.8. The van der Waals surface area contributed by atoms with Gasteiger partial charge in [0.1, 0.15) is 16.5 Å². The van der Waals surface area contributed by atoms with Crippen molar-refractivity contribution in [2.24, 2.45) is 5.73 Å². The van der Waals surface area contributed by atoms with Gasteiger partial charge >= 0.3 is 0 Å². The molecule has 1 aromatic carbocycles. The molecule has 2 aromatic rings. The fourth-order valence-electron chi connectivity index (χ4n) is 2.72. The SMILES string of the molecule is COc1cccc(C(=O)N2CCN(C(=O)c3csc(CN)n3)CC2)c1. The highest BCUT2D eigenvalue weighted by Crippen LogP contribution is 2.17. The summed E-state index contributed by atoms with van der Waals surface area (Å²) in [6, 6.07) is 7.09. The van der Waals surface area contributed by atoms with Crippen molar-refractivity contribution in [1.82, 2.24) is 14.8 Å². The zero-order chi connectivity index (χ0) is 17.8. The van der Waals surface area contributed by atoms with Gasteiger partial charge in [0, 0.05) is 43.7 Å². The van der Waals surface area contributed by atoms with E-state index in [1.807, 2.05) is 0 Å². The van der Waals surface area contributed by atoms with Crippen LogP contribution in [0.15, 0.2) is 29.6 Å². The predicted molar refractivity (Wildman–Crippen MR) is 94.8 cm³/mol. The van der Waals surface area contributed by atoms with Crippen LogP contribution < -0.4 is 10.5 Å². The van der Waals surface area contributed by atoms with E-state index in [1.165, 1.54) is 11.3 Å². The molecule has 1 aliphatic rings. The Morgan fingerprint density at radius 2 is 1.88 bits per heavy atom. The third-order valence-corrected chi connectivity index (χ3v) is 4.99. The van der Waals surface area contributed by atoms with Crippen molar-refractivity contribution in [3.8, 4) is 5.75 Å². The predicted octanol–water partition coefficient (Wildman–Crippen LogP) is 1.21. The van der Waals surface area contributed by atoms with Crippen LogP contribution >= 0.6 is 11.3 Å². The van der Waals surface area contributed by atoms with E-state index >= 15 is 0 Å². The molecule has 1 aliphatic heterocycles. The molecule has 0 atom stereocenters. The highest BCUT2D eigenvalue weighted by atomic mass is 32.1. The van der Waals surface area contributed by atoms with Gasteiger partial charge < -0.3 is 20.3 Å². The minimum Gasteiger partial charge on any atom is -0.497 e. The van der Waals surface area contributed by atoms with Crippen LogP contribution in [-0.4, -0.2) is 59.9 Å². The van der Waals surface area contributed by atoms with Crippen molar-refractivity contribution in [3.05, 3.63) is 45.9 Å². The molecule has 0 bridgehead atoms. The summed E-state index contributed by atoms with van der Waals surface area (Å²) in [6.45, 7) is 2.31. The summed E-state index contributed by atoms with van der Waals surface area (Å²) in [5.41, 5.74) is 6.56. The Labute approximate surface area is 150 Å². The average molecular weight is 360 g/mol. The van der Waals surface area contributed by atoms with Crippen molar-refractivity contribution in [1.29, 1.82) is 0 Å². The Bertz CT molecular complexity index is 769. The monoisotopic (exact) mass is 360 g/mol. The number of nitrogens with zero attached hydrogens (tertiary/aromatic N) is 3. The Morgan fingerprint density at radius 3 is 2.48 bits per heavy atom. The summed E-state index contributed by atoms with van der Waals surface area (Å²) in [6.07, 6.45) is 0. The van der Waals surface area contributed by atoms with E-state index in [0.717, 1.165) is 5.01 Å². The number of benzene rings is 1. The average Bonchev–Trinajstić information content (AvgIpc) is 3.16. The number of nitrogens with two attached hydrogens (primary N) is 1. The van der Waals surface area contributed by atoms with Crippen molar-refractivity contribution in [3.63, 3.8) is 0 Å². The first kappa shape index (κ1) is 17.4. The topological polar surface area (TPSA) is 88.8 Å². The number of carbonyl (C=O) groups is 2. The van der Waals surface area contributed by atoms with E-state index in [1.54, 1.807) is 46.6 Å². The molecular formula is C17H20N4O3S. The number of ether oxygens (including phenoxy) is 1. The summed E-state index contributed by atoms with van der Waals surface area (Å²) >= 11 is 1.39. The molecule has 1 saturated heterocycles. The van der Waals surface area contributed by atoms with Crippen molar-refractivity contribution in [2.45, 2.75) is 6.54 Å². The highest BCUT2D eigenvalue weighted by molar-refractivity contribution is 7.09. The number of aromatic nitrogens is 1. The molecule has 0 spiro atoms. The van der Waals surface area contributed by atoms with Crippen molar-refractivity contribution >= 4 is 23.2 Å². The molecule has 0 radical (unpaired) electrons. The van der Waals surface area contributed by atoms with Gasteiger partial charge in [-0.2, -0.15) is 0 Å². The second kappa shape index (κ2) is 7.62. The molecule has 3 rings (SSSR count). The fraction of sp³-hybridized carbons (Fsp3) is 0.353. The number of methoxy groups -OCH3 is 1. The number of hydrogen-bond acceptors (Lipinski definition) is 6. The Kier molecular flexibility index (Phi) is 5.30. The molecule has 0 aliphatic carbocycles. The van der Waals surface area contributed by atoms with Gasteiger partial charge in [-0.15, -0.1) is 11.3 Å². The summed E-state index contributed by atoms with van der Waals surface area (Å²) in [5, 5.41) is 2.48. The molecule has 7 nitrogen and oxygen atoms in total. The second-order valence-corrected chi connectivity index (χ2v) is 6.59. The van der Waals surface area contributed by atoms with Gasteiger partial charge in [-0.1, -0.05) is 6.07 Å². The van der Waals surface area contributed by atoms with Crippen LogP contribution in [0, 0.1) is 0 Å². The molecule has 0 unspecified atom stereocenters. The molecule has 132 valence electrons. The molecule has 1 fully saturated rings. The van der Waals surface area contributed by atoms with E-state index in [4.69, 9.17) is 10.5 Å². The molecule has 0 saturated carbocycles. The highest BCUT2D eigenvalue weighted by Gasteiger charge is 2.26. The minimum absolute atomic E-state index is 0.0509. The fourth-order valence-corrected chi connectivity index (χ4v) is 3.36. The van der Waals surface area contributed by atoms with Gasteiger partial charge in [0.05, 0.1) is 7.11 Å². The second-order valence-electron chi connectivity index (χ2n) is 5.65. The van der Waals surface area contributed by atoms with Gasteiger partial charge in [-0.3, -0.25) is 9.59 Å². The maximum absolute atomic E-state index is 12.6. The lowest BCUT2D eigenvalue weighted by Crippen LogP contribution is -2.50. The maximum Gasteiger partial charge on any atom is 0.273 e. The van der Waals surface area contributed by atoms with Gasteiger partial charge in [0.2, 0.25) is 0 Å². The first-order chi connectivity index (χ1) is 12.1. The lowest BCUT2D eigenvalue weighted by molar-refractivity contribution is 0.0532. The molecule has 2 N–H and O–H groups in total. The standard InChI is InChI=1S/C17H20N4O3S/c1-24-13-4-2-3-12(9-13)16(22)20-5-7-21(8-6-20)17(23)14-11-25-15(10-18)19-14/h2-4,9,11H,5-8,10,18H2,1H3. The third-order valence-electron chi connectivity index (χ3n) is 4.12. The van der Waals surface area contributed by atoms with Crippen LogP contribution in [0.2, 0.25) is 0 Å². The molecule has 2 heterocycles. The number of amides is 2. The molecule has 8 heteroatoms. The number of thiazole rings is 1.